The van der Waals surface area contributed by atoms with E-state index in [-0.39, 0.29) is 0 Å². The van der Waals surface area contributed by atoms with Crippen LogP contribution in [0, 0.1) is 0 Å². The lowest BCUT2D eigenvalue weighted by atomic mass is 10.1. The molecule has 1 N–H and O–H groups in total. The predicted octanol–water partition coefficient (Wildman–Crippen LogP) is 3.36. The van der Waals surface area contributed by atoms with E-state index in [4.69, 9.17) is 0 Å². The van der Waals surface area contributed by atoms with Crippen LogP contribution in [0.1, 0.15) is 13.8 Å². The Labute approximate surface area is 104 Å². The number of hydrogen-bond acceptors (Lipinski definition) is 2. The highest BCUT2D eigenvalue weighted by molar-refractivity contribution is 5.62. The molecule has 0 fully saturated rings. The third-order valence-electron chi connectivity index (χ3n) is 2.29. The van der Waals surface area contributed by atoms with Gasteiger partial charge in [0.15, 0.2) is 0 Å². The summed E-state index contributed by atoms with van der Waals surface area (Å²) >= 11 is 0. The van der Waals surface area contributed by atoms with Gasteiger partial charge in [-0.3, -0.25) is 4.98 Å². The van der Waals surface area contributed by atoms with Gasteiger partial charge in [0.2, 0.25) is 0 Å². The Kier molecular flexibility index (Phi) is 6.68. The van der Waals surface area contributed by atoms with E-state index in [0.717, 1.165) is 13.1 Å². The largest absolute Gasteiger partial charge is 0.317 e. The van der Waals surface area contributed by atoms with Crippen LogP contribution in [-0.2, 0) is 0 Å². The number of rotatable bonds is 3. The van der Waals surface area contributed by atoms with E-state index in [1.165, 1.54) is 11.1 Å². The predicted molar refractivity (Wildman–Crippen MR) is 73.9 cm³/mol. The van der Waals surface area contributed by atoms with Crippen LogP contribution in [0.5, 0.6) is 0 Å². The third-order valence-corrected chi connectivity index (χ3v) is 2.29. The first-order valence-corrected chi connectivity index (χ1v) is 6.04. The van der Waals surface area contributed by atoms with Crippen molar-refractivity contribution in [3.05, 3.63) is 54.9 Å². The van der Waals surface area contributed by atoms with Crippen molar-refractivity contribution >= 4 is 0 Å². The average Bonchev–Trinajstić information content (AvgIpc) is 2.42. The number of hydrogen-bond donors (Lipinski definition) is 1. The number of benzene rings is 1. The van der Waals surface area contributed by atoms with Gasteiger partial charge in [0, 0.05) is 12.4 Å². The molecule has 1 heterocycles. The standard InChI is InChI=1S/C11H9N.C4H11N/c1-2-4-10(5-3-1)11-6-8-12-9-7-11;1-3-5-4-2/h1-9H;5H,3-4H2,1-2H3. The van der Waals surface area contributed by atoms with E-state index in [0.29, 0.717) is 0 Å². The molecule has 1 aromatic carbocycles. The molecule has 0 saturated heterocycles. The maximum atomic E-state index is 3.97. The number of pyridine rings is 1. The van der Waals surface area contributed by atoms with Gasteiger partial charge in [-0.05, 0) is 36.3 Å². The zero-order valence-corrected chi connectivity index (χ0v) is 10.6. The van der Waals surface area contributed by atoms with Crippen molar-refractivity contribution in [1.29, 1.82) is 0 Å². The zero-order valence-electron chi connectivity index (χ0n) is 10.6. The molecule has 0 atom stereocenters. The molecule has 0 radical (unpaired) electrons. The normalized spacial score (nSPS) is 9.29. The minimum atomic E-state index is 1.09. The minimum absolute atomic E-state index is 1.09. The van der Waals surface area contributed by atoms with Gasteiger partial charge in [-0.25, -0.2) is 0 Å². The van der Waals surface area contributed by atoms with Crippen LogP contribution in [0.2, 0.25) is 0 Å². The lowest BCUT2D eigenvalue weighted by Gasteiger charge is -1.98. The fourth-order valence-electron chi connectivity index (χ4n) is 1.42. The summed E-state index contributed by atoms with van der Waals surface area (Å²) in [7, 11) is 0. The van der Waals surface area contributed by atoms with Crippen LogP contribution < -0.4 is 5.32 Å². The van der Waals surface area contributed by atoms with Gasteiger partial charge < -0.3 is 5.32 Å². The summed E-state index contributed by atoms with van der Waals surface area (Å²) in [5.74, 6) is 0. The Balaban J connectivity index is 0.000000249. The average molecular weight is 228 g/mol. The van der Waals surface area contributed by atoms with Crippen LogP contribution in [0.4, 0.5) is 0 Å². The van der Waals surface area contributed by atoms with Crippen LogP contribution in [0.25, 0.3) is 11.1 Å². The Morgan fingerprint density at radius 2 is 1.35 bits per heavy atom. The summed E-state index contributed by atoms with van der Waals surface area (Å²) in [6.07, 6.45) is 3.62. The molecule has 0 aliphatic heterocycles. The van der Waals surface area contributed by atoms with Gasteiger partial charge in [-0.15, -0.1) is 0 Å². The molecule has 17 heavy (non-hydrogen) atoms. The van der Waals surface area contributed by atoms with E-state index >= 15 is 0 Å². The van der Waals surface area contributed by atoms with E-state index in [2.05, 4.69) is 36.3 Å². The monoisotopic (exact) mass is 228 g/mol. The Bertz CT molecular complexity index is 345. The van der Waals surface area contributed by atoms with Crippen molar-refractivity contribution in [1.82, 2.24) is 10.3 Å². The van der Waals surface area contributed by atoms with Gasteiger partial charge >= 0.3 is 0 Å². The van der Waals surface area contributed by atoms with Crippen molar-refractivity contribution in [2.45, 2.75) is 13.8 Å². The van der Waals surface area contributed by atoms with E-state index < -0.39 is 0 Å². The molecular weight excluding hydrogens is 208 g/mol. The van der Waals surface area contributed by atoms with Gasteiger partial charge in [0.1, 0.15) is 0 Å². The summed E-state index contributed by atoms with van der Waals surface area (Å²) in [5.41, 5.74) is 2.45. The van der Waals surface area contributed by atoms with E-state index in [1.54, 1.807) is 0 Å². The molecule has 1 aromatic heterocycles. The summed E-state index contributed by atoms with van der Waals surface area (Å²) in [5, 5.41) is 3.11. The van der Waals surface area contributed by atoms with E-state index in [9.17, 15) is 0 Å². The van der Waals surface area contributed by atoms with Crippen molar-refractivity contribution in [3.63, 3.8) is 0 Å². The quantitative estimate of drug-likeness (QED) is 0.871. The van der Waals surface area contributed by atoms with Crippen molar-refractivity contribution in [3.8, 4) is 11.1 Å². The van der Waals surface area contributed by atoms with Gasteiger partial charge in [0.05, 0.1) is 0 Å². The highest BCUT2D eigenvalue weighted by Crippen LogP contribution is 2.16. The second kappa shape index (κ2) is 8.48. The SMILES string of the molecule is CCNCC.c1ccc(-c2ccncc2)cc1. The first-order valence-electron chi connectivity index (χ1n) is 6.04. The summed E-state index contributed by atoms with van der Waals surface area (Å²) in [6, 6.07) is 14.3. The van der Waals surface area contributed by atoms with Gasteiger partial charge in [-0.2, -0.15) is 0 Å². The summed E-state index contributed by atoms with van der Waals surface area (Å²) < 4.78 is 0. The molecule has 0 aliphatic carbocycles. The lowest BCUT2D eigenvalue weighted by Crippen LogP contribution is -2.09. The first kappa shape index (κ1) is 13.4. The minimum Gasteiger partial charge on any atom is -0.317 e. The van der Waals surface area contributed by atoms with Gasteiger partial charge in [-0.1, -0.05) is 44.2 Å². The zero-order chi connectivity index (χ0) is 12.3. The highest BCUT2D eigenvalue weighted by Gasteiger charge is 1.92. The molecule has 2 nitrogen and oxygen atoms in total. The third kappa shape index (κ3) is 5.27. The molecule has 0 spiro atoms. The number of aromatic nitrogens is 1. The Hall–Kier alpha value is -1.67. The highest BCUT2D eigenvalue weighted by atomic mass is 14.8. The summed E-state index contributed by atoms with van der Waals surface area (Å²) in [6.45, 7) is 6.39. The van der Waals surface area contributed by atoms with Gasteiger partial charge in [0.25, 0.3) is 0 Å². The fourth-order valence-corrected chi connectivity index (χ4v) is 1.42. The van der Waals surface area contributed by atoms with E-state index in [1.807, 2.05) is 42.7 Å². The number of nitrogens with one attached hydrogen (secondary N) is 1. The molecular formula is C15H20N2. The lowest BCUT2D eigenvalue weighted by molar-refractivity contribution is 0.762. The Morgan fingerprint density at radius 3 is 1.82 bits per heavy atom. The second-order valence-corrected chi connectivity index (χ2v) is 3.56. The first-order chi connectivity index (χ1) is 8.38. The maximum Gasteiger partial charge on any atom is 0.0273 e. The van der Waals surface area contributed by atoms with Crippen LogP contribution in [-0.4, -0.2) is 18.1 Å². The molecule has 0 saturated carbocycles. The molecule has 0 amide bonds. The number of nitrogens with zero attached hydrogens (tertiary/aromatic N) is 1. The van der Waals surface area contributed by atoms with Crippen LogP contribution in [0.15, 0.2) is 54.9 Å². The second-order valence-electron chi connectivity index (χ2n) is 3.56. The van der Waals surface area contributed by atoms with Crippen molar-refractivity contribution in [2.75, 3.05) is 13.1 Å². The topological polar surface area (TPSA) is 24.9 Å². The summed E-state index contributed by atoms with van der Waals surface area (Å²) in [4.78, 5) is 3.97. The van der Waals surface area contributed by atoms with Crippen molar-refractivity contribution in [2.24, 2.45) is 0 Å². The maximum absolute atomic E-state index is 3.97. The smallest absolute Gasteiger partial charge is 0.0273 e. The van der Waals surface area contributed by atoms with Crippen molar-refractivity contribution < 1.29 is 0 Å². The van der Waals surface area contributed by atoms with Crippen LogP contribution in [0.3, 0.4) is 0 Å². The Morgan fingerprint density at radius 1 is 0.824 bits per heavy atom. The molecule has 90 valence electrons. The molecule has 2 rings (SSSR count). The van der Waals surface area contributed by atoms with Crippen LogP contribution >= 0.6 is 0 Å². The molecule has 0 unspecified atom stereocenters. The molecule has 2 aromatic rings. The molecule has 0 bridgehead atoms. The molecule has 0 aliphatic rings. The fraction of sp³-hybridized carbons (Fsp3) is 0.267. The molecule has 2 heteroatoms.